The van der Waals surface area contributed by atoms with E-state index in [0.717, 1.165) is 16.9 Å². The summed E-state index contributed by atoms with van der Waals surface area (Å²) >= 11 is 1.08. The van der Waals surface area contributed by atoms with Crippen molar-refractivity contribution < 1.29 is 19.4 Å². The van der Waals surface area contributed by atoms with E-state index in [1.807, 2.05) is 0 Å². The molecule has 0 aliphatic carbocycles. The van der Waals surface area contributed by atoms with Crippen LogP contribution in [0.2, 0.25) is 0 Å². The molecule has 0 bridgehead atoms. The normalized spacial score (nSPS) is 10.2. The number of nitrogens with zero attached hydrogens (tertiary/aromatic N) is 1. The van der Waals surface area contributed by atoms with Crippen molar-refractivity contribution in [2.75, 3.05) is 7.11 Å². The van der Waals surface area contributed by atoms with Crippen LogP contribution in [0.15, 0.2) is 24.3 Å². The van der Waals surface area contributed by atoms with Crippen molar-refractivity contribution in [2.24, 2.45) is 0 Å². The molecule has 5 nitrogen and oxygen atoms in total. The van der Waals surface area contributed by atoms with Gasteiger partial charge in [-0.1, -0.05) is 0 Å². The van der Waals surface area contributed by atoms with Gasteiger partial charge in [-0.2, -0.15) is 0 Å². The number of aromatic carboxylic acids is 1. The molecule has 0 atom stereocenters. The maximum atomic E-state index is 11.4. The standard InChI is InChI=1S/C13H11NO4S/c1-7(15)11-10(13(16)17)14-12(19-11)8-3-5-9(18-2)6-4-8/h3-6H,1-2H3,(H,16,17). The maximum absolute atomic E-state index is 11.4. The lowest BCUT2D eigenvalue weighted by molar-refractivity contribution is 0.0687. The van der Waals surface area contributed by atoms with Crippen LogP contribution in [0.5, 0.6) is 5.75 Å². The highest BCUT2D eigenvalue weighted by Gasteiger charge is 2.21. The van der Waals surface area contributed by atoms with Crippen molar-refractivity contribution in [1.29, 1.82) is 0 Å². The lowest BCUT2D eigenvalue weighted by Gasteiger charge is -1.99. The summed E-state index contributed by atoms with van der Waals surface area (Å²) in [7, 11) is 1.56. The molecule has 1 N–H and O–H groups in total. The van der Waals surface area contributed by atoms with Gasteiger partial charge in [0.2, 0.25) is 0 Å². The first kappa shape index (κ1) is 13.2. The van der Waals surface area contributed by atoms with Gasteiger partial charge in [0, 0.05) is 12.5 Å². The van der Waals surface area contributed by atoms with E-state index in [9.17, 15) is 9.59 Å². The van der Waals surface area contributed by atoms with Crippen molar-refractivity contribution in [2.45, 2.75) is 6.92 Å². The van der Waals surface area contributed by atoms with Gasteiger partial charge >= 0.3 is 5.97 Å². The number of rotatable bonds is 4. The number of methoxy groups -OCH3 is 1. The van der Waals surface area contributed by atoms with Gasteiger partial charge in [0.1, 0.15) is 15.6 Å². The van der Waals surface area contributed by atoms with E-state index in [4.69, 9.17) is 9.84 Å². The number of carbonyl (C=O) groups is 2. The molecule has 6 heteroatoms. The molecule has 0 spiro atoms. The third-order valence-electron chi connectivity index (χ3n) is 2.49. The summed E-state index contributed by atoms with van der Waals surface area (Å²) < 4.78 is 5.05. The van der Waals surface area contributed by atoms with E-state index in [2.05, 4.69) is 4.98 Å². The van der Waals surface area contributed by atoms with Crippen LogP contribution in [-0.2, 0) is 0 Å². The molecule has 0 fully saturated rings. The third kappa shape index (κ3) is 2.63. The number of carboxylic acid groups (broad SMARTS) is 1. The molecule has 0 radical (unpaired) electrons. The number of aromatic nitrogens is 1. The van der Waals surface area contributed by atoms with Gasteiger partial charge in [-0.15, -0.1) is 11.3 Å². The first-order valence-corrected chi connectivity index (χ1v) is 6.24. The van der Waals surface area contributed by atoms with Gasteiger partial charge in [0.05, 0.1) is 7.11 Å². The van der Waals surface area contributed by atoms with Crippen LogP contribution in [0, 0.1) is 0 Å². The van der Waals surface area contributed by atoms with Crippen LogP contribution in [-0.4, -0.2) is 29.0 Å². The molecule has 2 aromatic rings. The zero-order valence-corrected chi connectivity index (χ0v) is 11.2. The number of carboxylic acids is 1. The molecule has 98 valence electrons. The van der Waals surface area contributed by atoms with E-state index >= 15 is 0 Å². The predicted molar refractivity (Wildman–Crippen MR) is 71.1 cm³/mol. The largest absolute Gasteiger partial charge is 0.497 e. The van der Waals surface area contributed by atoms with Gasteiger partial charge in [0.25, 0.3) is 0 Å². The van der Waals surface area contributed by atoms with E-state index < -0.39 is 5.97 Å². The van der Waals surface area contributed by atoms with Crippen molar-refractivity contribution in [3.05, 3.63) is 34.8 Å². The fourth-order valence-corrected chi connectivity index (χ4v) is 2.52. The Morgan fingerprint density at radius 1 is 1.26 bits per heavy atom. The molecule has 0 saturated heterocycles. The van der Waals surface area contributed by atoms with Crippen molar-refractivity contribution in [3.8, 4) is 16.3 Å². The molecule has 0 amide bonds. The Morgan fingerprint density at radius 3 is 2.32 bits per heavy atom. The molecule has 1 aromatic heterocycles. The summed E-state index contributed by atoms with van der Waals surface area (Å²) in [5, 5.41) is 9.53. The second-order valence-electron chi connectivity index (χ2n) is 3.79. The summed E-state index contributed by atoms with van der Waals surface area (Å²) in [5.74, 6) is -0.790. The number of carbonyl (C=O) groups excluding carboxylic acids is 1. The summed E-state index contributed by atoms with van der Waals surface area (Å²) in [4.78, 5) is 26.6. The summed E-state index contributed by atoms with van der Waals surface area (Å²) in [6, 6.07) is 7.05. The van der Waals surface area contributed by atoms with Crippen LogP contribution < -0.4 is 4.74 Å². The minimum atomic E-state index is -1.19. The summed E-state index contributed by atoms with van der Waals surface area (Å²) in [5.41, 5.74) is 0.559. The molecule has 0 aliphatic rings. The highest BCUT2D eigenvalue weighted by atomic mass is 32.1. The van der Waals surface area contributed by atoms with E-state index in [-0.39, 0.29) is 16.4 Å². The van der Waals surface area contributed by atoms with E-state index in [0.29, 0.717) is 10.8 Å². The van der Waals surface area contributed by atoms with Gasteiger partial charge in [-0.3, -0.25) is 4.79 Å². The SMILES string of the molecule is COc1ccc(-c2nc(C(=O)O)c(C(C)=O)s2)cc1. The number of ether oxygens (including phenoxy) is 1. The molecule has 19 heavy (non-hydrogen) atoms. The number of benzene rings is 1. The smallest absolute Gasteiger partial charge is 0.356 e. The van der Waals surface area contributed by atoms with Crippen LogP contribution in [0.1, 0.15) is 27.1 Å². The van der Waals surface area contributed by atoms with Crippen molar-refractivity contribution >= 4 is 23.1 Å². The number of thiazole rings is 1. The quantitative estimate of drug-likeness (QED) is 0.869. The Labute approximate surface area is 113 Å². The average molecular weight is 277 g/mol. The monoisotopic (exact) mass is 277 g/mol. The molecular formula is C13H11NO4S. The zero-order valence-electron chi connectivity index (χ0n) is 10.3. The molecule has 1 aromatic carbocycles. The highest BCUT2D eigenvalue weighted by molar-refractivity contribution is 7.17. The molecule has 0 unspecified atom stereocenters. The van der Waals surface area contributed by atoms with Gasteiger partial charge < -0.3 is 9.84 Å². The topological polar surface area (TPSA) is 76.5 Å². The fourth-order valence-electron chi connectivity index (χ4n) is 1.56. The van der Waals surface area contributed by atoms with Gasteiger partial charge in [-0.05, 0) is 24.3 Å². The Morgan fingerprint density at radius 2 is 1.89 bits per heavy atom. The second kappa shape index (κ2) is 5.19. The van der Waals surface area contributed by atoms with Crippen LogP contribution in [0.25, 0.3) is 10.6 Å². The van der Waals surface area contributed by atoms with Gasteiger partial charge in [-0.25, -0.2) is 9.78 Å². The minimum Gasteiger partial charge on any atom is -0.497 e. The lowest BCUT2D eigenvalue weighted by Crippen LogP contribution is -2.03. The lowest BCUT2D eigenvalue weighted by atomic mass is 10.2. The minimum absolute atomic E-state index is 0.165. The first-order chi connectivity index (χ1) is 9.02. The summed E-state index contributed by atoms with van der Waals surface area (Å²) in [6.07, 6.45) is 0. The Kier molecular flexibility index (Phi) is 3.62. The summed E-state index contributed by atoms with van der Waals surface area (Å²) in [6.45, 7) is 1.33. The van der Waals surface area contributed by atoms with Crippen molar-refractivity contribution in [3.63, 3.8) is 0 Å². The molecular weight excluding hydrogens is 266 g/mol. The first-order valence-electron chi connectivity index (χ1n) is 5.42. The van der Waals surface area contributed by atoms with E-state index in [1.54, 1.807) is 31.4 Å². The predicted octanol–water partition coefficient (Wildman–Crippen LogP) is 2.72. The number of Topliss-reactive ketones (excluding diaryl/α,β-unsaturated/α-hetero) is 1. The Balaban J connectivity index is 2.47. The molecule has 1 heterocycles. The Bertz CT molecular complexity index is 599. The second-order valence-corrected chi connectivity index (χ2v) is 4.79. The number of hydrogen-bond donors (Lipinski definition) is 1. The fraction of sp³-hybridized carbons (Fsp3) is 0.154. The van der Waals surface area contributed by atoms with Crippen LogP contribution in [0.3, 0.4) is 0 Å². The zero-order chi connectivity index (χ0) is 14.0. The third-order valence-corrected chi connectivity index (χ3v) is 3.69. The van der Waals surface area contributed by atoms with E-state index in [1.165, 1.54) is 6.92 Å². The number of ketones is 1. The molecule has 0 saturated carbocycles. The van der Waals surface area contributed by atoms with Gasteiger partial charge in [0.15, 0.2) is 11.5 Å². The average Bonchev–Trinajstić information content (AvgIpc) is 2.84. The Hall–Kier alpha value is -2.21. The van der Waals surface area contributed by atoms with Crippen LogP contribution >= 0.6 is 11.3 Å². The van der Waals surface area contributed by atoms with Crippen molar-refractivity contribution in [1.82, 2.24) is 4.98 Å². The number of hydrogen-bond acceptors (Lipinski definition) is 5. The molecule has 0 aliphatic heterocycles. The highest BCUT2D eigenvalue weighted by Crippen LogP contribution is 2.29. The van der Waals surface area contributed by atoms with Crippen LogP contribution in [0.4, 0.5) is 0 Å². The molecule has 2 rings (SSSR count). The maximum Gasteiger partial charge on any atom is 0.356 e.